The van der Waals surface area contributed by atoms with Crippen LogP contribution in [0.4, 0.5) is 24.1 Å². The topological polar surface area (TPSA) is 96.9 Å². The molecule has 182 valence electrons. The number of halogens is 5. The predicted octanol–water partition coefficient (Wildman–Crippen LogP) is 5.76. The van der Waals surface area contributed by atoms with Gasteiger partial charge >= 0.3 is 6.18 Å². The Balaban J connectivity index is 1.52. The molecular formula is C20H18Cl2F3N5O2S2. The first-order valence-corrected chi connectivity index (χ1v) is 13.1. The van der Waals surface area contributed by atoms with Crippen molar-refractivity contribution >= 4 is 55.5 Å². The molecule has 0 saturated carbocycles. The molecule has 1 atom stereocenters. The summed E-state index contributed by atoms with van der Waals surface area (Å²) >= 11 is 13.4. The maximum atomic E-state index is 12.9. The maximum Gasteiger partial charge on any atom is 0.417 e. The third kappa shape index (κ3) is 5.24. The molecule has 1 unspecified atom stereocenters. The lowest BCUT2D eigenvalue weighted by atomic mass is 10.1. The quantitative estimate of drug-likeness (QED) is 0.404. The molecule has 0 saturated heterocycles. The summed E-state index contributed by atoms with van der Waals surface area (Å²) in [6, 6.07) is 3.63. The Kier molecular flexibility index (Phi) is 6.71. The lowest BCUT2D eigenvalue weighted by Crippen LogP contribution is -2.20. The van der Waals surface area contributed by atoms with Crippen molar-refractivity contribution in [1.29, 1.82) is 0 Å². The number of alkyl halides is 3. The standard InChI is InChI=1S/C20H18Cl2F3N5O2S2/c1-9(2)18-28-29-19(33-18)30-34(31,32)16-6-11-4-13(3-10(11)5-14(16)21)27-17-15(22)7-12(8-26-17)20(23,24)25/h5-9,13H,3-4H2,1-2H3,(H,26,27)(H,29,30). The number of anilines is 2. The van der Waals surface area contributed by atoms with E-state index in [2.05, 4.69) is 25.2 Å². The van der Waals surface area contributed by atoms with Gasteiger partial charge in [-0.3, -0.25) is 4.72 Å². The number of rotatable bonds is 6. The van der Waals surface area contributed by atoms with Crippen LogP contribution in [0.25, 0.3) is 0 Å². The normalized spacial score (nSPS) is 16.1. The number of fused-ring (bicyclic) bond motifs is 1. The third-order valence-electron chi connectivity index (χ3n) is 5.14. The maximum absolute atomic E-state index is 12.9. The highest BCUT2D eigenvalue weighted by Crippen LogP contribution is 2.36. The number of nitrogens with zero attached hydrogens (tertiary/aromatic N) is 3. The summed E-state index contributed by atoms with van der Waals surface area (Å²) in [6.07, 6.45) is -2.96. The SMILES string of the molecule is CC(C)c1nnc(NS(=O)(=O)c2cc3c(cc2Cl)CC(Nc2ncc(C(F)(F)F)cc2Cl)C3)s1. The summed E-state index contributed by atoms with van der Waals surface area (Å²) in [6.45, 7) is 3.85. The van der Waals surface area contributed by atoms with Gasteiger partial charge in [-0.1, -0.05) is 48.4 Å². The van der Waals surface area contributed by atoms with Gasteiger partial charge in [0.25, 0.3) is 10.0 Å². The number of pyridine rings is 1. The minimum atomic E-state index is -4.55. The van der Waals surface area contributed by atoms with Crippen molar-refractivity contribution in [2.24, 2.45) is 0 Å². The van der Waals surface area contributed by atoms with Gasteiger partial charge < -0.3 is 5.32 Å². The van der Waals surface area contributed by atoms with Gasteiger partial charge in [0, 0.05) is 18.2 Å². The highest BCUT2D eigenvalue weighted by molar-refractivity contribution is 7.93. The highest BCUT2D eigenvalue weighted by atomic mass is 35.5. The molecule has 14 heteroatoms. The van der Waals surface area contributed by atoms with Crippen LogP contribution in [0.3, 0.4) is 0 Å². The van der Waals surface area contributed by atoms with E-state index in [0.717, 1.165) is 28.5 Å². The van der Waals surface area contributed by atoms with Crippen molar-refractivity contribution in [1.82, 2.24) is 15.2 Å². The summed E-state index contributed by atoms with van der Waals surface area (Å²) in [4.78, 5) is 3.70. The minimum Gasteiger partial charge on any atom is -0.365 e. The van der Waals surface area contributed by atoms with Crippen molar-refractivity contribution in [2.75, 3.05) is 10.0 Å². The van der Waals surface area contributed by atoms with Crippen LogP contribution in [-0.4, -0.2) is 29.6 Å². The number of sulfonamides is 1. The lowest BCUT2D eigenvalue weighted by Gasteiger charge is -2.15. The molecule has 7 nitrogen and oxygen atoms in total. The van der Waals surface area contributed by atoms with Crippen LogP contribution in [0.2, 0.25) is 10.0 Å². The van der Waals surface area contributed by atoms with Gasteiger partial charge in [-0.25, -0.2) is 13.4 Å². The van der Waals surface area contributed by atoms with E-state index in [9.17, 15) is 21.6 Å². The van der Waals surface area contributed by atoms with E-state index in [0.29, 0.717) is 24.0 Å². The fourth-order valence-corrected chi connectivity index (χ4v) is 6.30. The van der Waals surface area contributed by atoms with Gasteiger partial charge in [-0.05, 0) is 42.2 Å². The summed E-state index contributed by atoms with van der Waals surface area (Å²) in [5.74, 6) is 0.224. The number of benzene rings is 1. The largest absolute Gasteiger partial charge is 0.417 e. The summed E-state index contributed by atoms with van der Waals surface area (Å²) in [5, 5.41) is 11.6. The number of hydrogen-bond donors (Lipinski definition) is 2. The molecular weight excluding hydrogens is 534 g/mol. The minimum absolute atomic E-state index is 0.0474. The monoisotopic (exact) mass is 551 g/mol. The Labute approximate surface area is 207 Å². The van der Waals surface area contributed by atoms with E-state index in [1.54, 1.807) is 6.07 Å². The van der Waals surface area contributed by atoms with E-state index in [1.807, 2.05) is 13.8 Å². The third-order valence-corrected chi connectivity index (χ3v) is 8.50. The molecule has 0 spiro atoms. The summed E-state index contributed by atoms with van der Waals surface area (Å²) < 4.78 is 66.8. The summed E-state index contributed by atoms with van der Waals surface area (Å²) in [7, 11) is -4.01. The molecule has 1 aliphatic rings. The van der Waals surface area contributed by atoms with Crippen LogP contribution < -0.4 is 10.0 Å². The fraction of sp³-hybridized carbons (Fsp3) is 0.350. The second-order valence-corrected chi connectivity index (χ2v) is 11.5. The van der Waals surface area contributed by atoms with Crippen molar-refractivity contribution in [3.8, 4) is 0 Å². The predicted molar refractivity (Wildman–Crippen MR) is 125 cm³/mol. The molecule has 1 aliphatic carbocycles. The average molecular weight is 552 g/mol. The molecule has 0 amide bonds. The Hall–Kier alpha value is -2.15. The molecule has 2 aromatic heterocycles. The molecule has 3 aromatic rings. The zero-order valence-electron chi connectivity index (χ0n) is 17.7. The first-order valence-electron chi connectivity index (χ1n) is 10.0. The van der Waals surface area contributed by atoms with Crippen LogP contribution in [0.5, 0.6) is 0 Å². The zero-order valence-corrected chi connectivity index (χ0v) is 20.9. The molecule has 2 N–H and O–H groups in total. The fourth-order valence-electron chi connectivity index (χ4n) is 3.50. The van der Waals surface area contributed by atoms with E-state index >= 15 is 0 Å². The molecule has 34 heavy (non-hydrogen) atoms. The number of aromatic nitrogens is 3. The molecule has 0 bridgehead atoms. The van der Waals surface area contributed by atoms with Crippen LogP contribution in [-0.2, 0) is 29.0 Å². The molecule has 2 heterocycles. The highest BCUT2D eigenvalue weighted by Gasteiger charge is 2.32. The second kappa shape index (κ2) is 9.14. The van der Waals surface area contributed by atoms with Gasteiger partial charge in [-0.15, -0.1) is 10.2 Å². The molecule has 1 aromatic carbocycles. The zero-order chi connectivity index (χ0) is 24.8. The molecule has 0 radical (unpaired) electrons. The molecule has 0 aliphatic heterocycles. The average Bonchev–Trinajstić information content (AvgIpc) is 3.34. The first kappa shape index (κ1) is 25.0. The number of hydrogen-bond acceptors (Lipinski definition) is 7. The van der Waals surface area contributed by atoms with Gasteiger partial charge in [0.05, 0.1) is 15.6 Å². The second-order valence-electron chi connectivity index (χ2n) is 8.06. The van der Waals surface area contributed by atoms with Gasteiger partial charge in [0.1, 0.15) is 15.7 Å². The molecule has 4 rings (SSSR count). The Bertz CT molecular complexity index is 1350. The number of nitrogens with one attached hydrogen (secondary N) is 2. The van der Waals surface area contributed by atoms with E-state index in [4.69, 9.17) is 23.2 Å². The Morgan fingerprint density at radius 2 is 1.76 bits per heavy atom. The van der Waals surface area contributed by atoms with Gasteiger partial charge in [-0.2, -0.15) is 13.2 Å². The Morgan fingerprint density at radius 1 is 1.09 bits per heavy atom. The van der Waals surface area contributed by atoms with E-state index < -0.39 is 21.8 Å². The lowest BCUT2D eigenvalue weighted by molar-refractivity contribution is -0.137. The van der Waals surface area contributed by atoms with E-state index in [1.165, 1.54) is 6.07 Å². The van der Waals surface area contributed by atoms with Gasteiger partial charge in [0.15, 0.2) is 0 Å². The van der Waals surface area contributed by atoms with Crippen LogP contribution in [0.1, 0.15) is 41.5 Å². The summed E-state index contributed by atoms with van der Waals surface area (Å²) in [5.41, 5.74) is 0.621. The van der Waals surface area contributed by atoms with Crippen molar-refractivity contribution < 1.29 is 21.6 Å². The Morgan fingerprint density at radius 3 is 2.35 bits per heavy atom. The molecule has 0 fully saturated rings. The van der Waals surface area contributed by atoms with Crippen molar-refractivity contribution in [3.63, 3.8) is 0 Å². The first-order chi connectivity index (χ1) is 15.8. The van der Waals surface area contributed by atoms with Crippen molar-refractivity contribution in [2.45, 2.75) is 49.7 Å². The van der Waals surface area contributed by atoms with Crippen LogP contribution in [0, 0.1) is 0 Å². The van der Waals surface area contributed by atoms with E-state index in [-0.39, 0.29) is 37.8 Å². The van der Waals surface area contributed by atoms with Gasteiger partial charge in [0.2, 0.25) is 5.13 Å². The van der Waals surface area contributed by atoms with Crippen LogP contribution in [0.15, 0.2) is 29.3 Å². The van der Waals surface area contributed by atoms with Crippen molar-refractivity contribution in [3.05, 3.63) is 56.1 Å². The van der Waals surface area contributed by atoms with Crippen LogP contribution >= 0.6 is 34.5 Å². The smallest absolute Gasteiger partial charge is 0.365 e.